The molecule has 1 aromatic rings. The zero-order valence-electron chi connectivity index (χ0n) is 11.8. The van der Waals surface area contributed by atoms with Crippen LogP contribution in [0.4, 0.5) is 0 Å². The smallest absolute Gasteiger partial charge is 0.282 e. The summed E-state index contributed by atoms with van der Waals surface area (Å²) in [7, 11) is 3.31. The second-order valence-corrected chi connectivity index (χ2v) is 4.50. The number of rotatable bonds is 7. The van der Waals surface area contributed by atoms with Crippen LogP contribution in [-0.2, 0) is 27.4 Å². The van der Waals surface area contributed by atoms with E-state index in [0.717, 1.165) is 16.9 Å². The Bertz CT molecular complexity index is 452. The maximum absolute atomic E-state index is 5.89. The molecule has 0 bridgehead atoms. The third-order valence-corrected chi connectivity index (χ3v) is 2.93. The first kappa shape index (κ1) is 14.6. The molecule has 0 spiro atoms. The molecule has 1 aliphatic rings. The number of hydrogen-bond donors (Lipinski definition) is 1. The van der Waals surface area contributed by atoms with Crippen LogP contribution in [-0.4, -0.2) is 39.5 Å². The minimum absolute atomic E-state index is 0.138. The van der Waals surface area contributed by atoms with E-state index in [1.807, 2.05) is 18.2 Å². The molecule has 0 saturated heterocycles. The van der Waals surface area contributed by atoms with Gasteiger partial charge < -0.3 is 24.7 Å². The highest BCUT2D eigenvalue weighted by atomic mass is 16.6. The molecule has 6 heteroatoms. The normalized spacial score (nSPS) is 17.7. The van der Waals surface area contributed by atoms with Gasteiger partial charge >= 0.3 is 0 Å². The monoisotopic (exact) mass is 280 g/mol. The van der Waals surface area contributed by atoms with E-state index >= 15 is 0 Å². The van der Waals surface area contributed by atoms with Crippen molar-refractivity contribution in [1.82, 2.24) is 0 Å². The van der Waals surface area contributed by atoms with E-state index in [9.17, 15) is 0 Å². The topological polar surface area (TPSA) is 75.3 Å². The average molecular weight is 280 g/mol. The highest BCUT2D eigenvalue weighted by Crippen LogP contribution is 2.26. The minimum Gasteiger partial charge on any atom is -0.489 e. The van der Waals surface area contributed by atoms with E-state index in [0.29, 0.717) is 26.4 Å². The van der Waals surface area contributed by atoms with Gasteiger partial charge in [0, 0.05) is 25.3 Å². The van der Waals surface area contributed by atoms with Crippen LogP contribution in [0.3, 0.4) is 0 Å². The summed E-state index contributed by atoms with van der Waals surface area (Å²) in [6.45, 7) is 1.88. The molecule has 20 heavy (non-hydrogen) atoms. The summed E-state index contributed by atoms with van der Waals surface area (Å²) < 4.78 is 21.6. The molecule has 6 nitrogen and oxygen atoms in total. The molecule has 1 unspecified atom stereocenters. The van der Waals surface area contributed by atoms with E-state index in [2.05, 4.69) is 4.99 Å². The molecule has 2 rings (SSSR count). The average Bonchev–Trinajstić information content (AvgIpc) is 2.84. The second-order valence-electron chi connectivity index (χ2n) is 4.50. The number of nitrogens with two attached hydrogens (primary N) is 1. The Morgan fingerprint density at radius 2 is 1.90 bits per heavy atom. The van der Waals surface area contributed by atoms with Crippen LogP contribution in [0, 0.1) is 0 Å². The predicted molar refractivity (Wildman–Crippen MR) is 74.7 cm³/mol. The first-order chi connectivity index (χ1) is 9.74. The number of amidine groups is 1. The van der Waals surface area contributed by atoms with Gasteiger partial charge in [0.2, 0.25) is 0 Å². The van der Waals surface area contributed by atoms with Crippen LogP contribution < -0.4 is 10.5 Å². The molecule has 2 N–H and O–H groups in total. The van der Waals surface area contributed by atoms with Gasteiger partial charge in [-0.3, -0.25) is 0 Å². The fourth-order valence-corrected chi connectivity index (χ4v) is 2.06. The highest BCUT2D eigenvalue weighted by molar-refractivity contribution is 5.73. The Hall–Kier alpha value is -1.79. The minimum atomic E-state index is -0.138. The maximum Gasteiger partial charge on any atom is 0.282 e. The van der Waals surface area contributed by atoms with Crippen LogP contribution in [0.15, 0.2) is 23.2 Å². The molecule has 1 heterocycles. The molecule has 1 aliphatic heterocycles. The Morgan fingerprint density at radius 1 is 1.25 bits per heavy atom. The lowest BCUT2D eigenvalue weighted by molar-refractivity contribution is 0.130. The lowest BCUT2D eigenvalue weighted by atomic mass is 10.1. The Morgan fingerprint density at radius 3 is 2.40 bits per heavy atom. The number of methoxy groups -OCH3 is 2. The van der Waals surface area contributed by atoms with E-state index in [4.69, 9.17) is 24.7 Å². The Labute approximate surface area is 118 Å². The molecule has 0 aliphatic carbocycles. The third kappa shape index (κ3) is 3.61. The van der Waals surface area contributed by atoms with Gasteiger partial charge in [0.15, 0.2) is 6.10 Å². The van der Waals surface area contributed by atoms with Gasteiger partial charge in [-0.1, -0.05) is 18.2 Å². The van der Waals surface area contributed by atoms with Crippen molar-refractivity contribution in [2.45, 2.75) is 19.3 Å². The fraction of sp³-hybridized carbons (Fsp3) is 0.500. The standard InChI is InChI=1S/C14H20N2O4/c1-17-7-10-4-3-5-11(8-18-2)13(10)19-9-12-6-16-14(15)20-12/h3-5,12H,6-9H2,1-2H3,(H2,15,16). The quantitative estimate of drug-likeness (QED) is 0.808. The first-order valence-electron chi connectivity index (χ1n) is 6.42. The number of ether oxygens (including phenoxy) is 4. The summed E-state index contributed by atoms with van der Waals surface area (Å²) in [4.78, 5) is 3.99. The Balaban J connectivity index is 2.06. The van der Waals surface area contributed by atoms with Gasteiger partial charge in [0.25, 0.3) is 6.02 Å². The summed E-state index contributed by atoms with van der Waals surface area (Å²) in [6, 6.07) is 6.13. The van der Waals surface area contributed by atoms with Crippen LogP contribution >= 0.6 is 0 Å². The zero-order valence-corrected chi connectivity index (χ0v) is 11.8. The molecule has 0 fully saturated rings. The van der Waals surface area contributed by atoms with E-state index in [-0.39, 0.29) is 12.1 Å². The van der Waals surface area contributed by atoms with Crippen LogP contribution in [0.5, 0.6) is 5.75 Å². The van der Waals surface area contributed by atoms with Crippen molar-refractivity contribution >= 4 is 6.02 Å². The molecule has 0 amide bonds. The predicted octanol–water partition coefficient (Wildman–Crippen LogP) is 1.07. The molecular formula is C14H20N2O4. The van der Waals surface area contributed by atoms with Gasteiger partial charge in [-0.05, 0) is 0 Å². The summed E-state index contributed by atoms with van der Waals surface area (Å²) in [5.41, 5.74) is 7.44. The van der Waals surface area contributed by atoms with Gasteiger partial charge in [0.05, 0.1) is 19.8 Å². The van der Waals surface area contributed by atoms with Crippen molar-refractivity contribution in [2.75, 3.05) is 27.4 Å². The summed E-state index contributed by atoms with van der Waals surface area (Å²) in [5.74, 6) is 0.783. The zero-order chi connectivity index (χ0) is 14.4. The fourth-order valence-electron chi connectivity index (χ4n) is 2.06. The SMILES string of the molecule is COCc1cccc(COC)c1OCC1CN=C(N)O1. The van der Waals surface area contributed by atoms with E-state index in [1.165, 1.54) is 0 Å². The van der Waals surface area contributed by atoms with Gasteiger partial charge in [-0.25, -0.2) is 4.99 Å². The lowest BCUT2D eigenvalue weighted by Gasteiger charge is -2.17. The summed E-state index contributed by atoms with van der Waals surface area (Å²) in [6.07, 6.45) is -0.138. The van der Waals surface area contributed by atoms with Crippen LogP contribution in [0.25, 0.3) is 0 Å². The highest BCUT2D eigenvalue weighted by Gasteiger charge is 2.19. The van der Waals surface area contributed by atoms with E-state index in [1.54, 1.807) is 14.2 Å². The number of hydrogen-bond acceptors (Lipinski definition) is 6. The van der Waals surface area contributed by atoms with Crippen molar-refractivity contribution in [3.05, 3.63) is 29.3 Å². The summed E-state index contributed by atoms with van der Waals surface area (Å²) >= 11 is 0. The maximum atomic E-state index is 5.89. The molecule has 1 atom stereocenters. The van der Waals surface area contributed by atoms with Gasteiger partial charge in [-0.15, -0.1) is 0 Å². The number of aliphatic imine (C=N–C) groups is 1. The van der Waals surface area contributed by atoms with Gasteiger partial charge in [0.1, 0.15) is 12.4 Å². The van der Waals surface area contributed by atoms with Crippen molar-refractivity contribution in [2.24, 2.45) is 10.7 Å². The largest absolute Gasteiger partial charge is 0.489 e. The van der Waals surface area contributed by atoms with Crippen molar-refractivity contribution < 1.29 is 18.9 Å². The number of nitrogens with zero attached hydrogens (tertiary/aromatic N) is 1. The molecule has 110 valence electrons. The number of para-hydroxylation sites is 1. The Kier molecular flexibility index (Phi) is 5.20. The lowest BCUT2D eigenvalue weighted by Crippen LogP contribution is -2.25. The molecule has 0 aromatic heterocycles. The second kappa shape index (κ2) is 7.12. The third-order valence-electron chi connectivity index (χ3n) is 2.93. The van der Waals surface area contributed by atoms with Crippen molar-refractivity contribution in [3.8, 4) is 5.75 Å². The van der Waals surface area contributed by atoms with Crippen LogP contribution in [0.1, 0.15) is 11.1 Å². The first-order valence-corrected chi connectivity index (χ1v) is 6.42. The molecule has 0 saturated carbocycles. The molecule has 1 aromatic carbocycles. The summed E-state index contributed by atoms with van der Waals surface area (Å²) in [5, 5.41) is 0. The van der Waals surface area contributed by atoms with E-state index < -0.39 is 0 Å². The van der Waals surface area contributed by atoms with Crippen molar-refractivity contribution in [3.63, 3.8) is 0 Å². The molecule has 0 radical (unpaired) electrons. The van der Waals surface area contributed by atoms with Gasteiger partial charge in [-0.2, -0.15) is 0 Å². The van der Waals surface area contributed by atoms with Crippen molar-refractivity contribution in [1.29, 1.82) is 0 Å². The van der Waals surface area contributed by atoms with Crippen LogP contribution in [0.2, 0.25) is 0 Å². The number of benzene rings is 1. The molecular weight excluding hydrogens is 260 g/mol.